The quantitative estimate of drug-likeness (QED) is 0.619. The average Bonchev–Trinajstić information content (AvgIpc) is 2.31. The van der Waals surface area contributed by atoms with Gasteiger partial charge in [-0.3, -0.25) is 0 Å². The molecule has 0 radical (unpaired) electrons. The van der Waals surface area contributed by atoms with Crippen LogP contribution in [0.4, 0.5) is 0 Å². The number of halogens is 1. The molecule has 0 aliphatic heterocycles. The Bertz CT molecular complexity index is 221. The summed E-state index contributed by atoms with van der Waals surface area (Å²) in [6.45, 7) is 0.355. The molecule has 0 amide bonds. The van der Waals surface area contributed by atoms with Crippen LogP contribution in [-0.2, 0) is 0 Å². The van der Waals surface area contributed by atoms with Crippen molar-refractivity contribution in [1.82, 2.24) is 0 Å². The molecule has 0 bridgehead atoms. The minimum absolute atomic E-state index is 0.322. The first-order valence-corrected chi connectivity index (χ1v) is 6.84. The van der Waals surface area contributed by atoms with E-state index >= 15 is 0 Å². The second-order valence-corrected chi connectivity index (χ2v) is 4.31. The molecule has 16 heavy (non-hydrogen) atoms. The third-order valence-corrected chi connectivity index (χ3v) is 2.61. The number of alkyl halides is 1. The summed E-state index contributed by atoms with van der Waals surface area (Å²) in [5.74, 6) is 0.322. The molecule has 2 nitrogen and oxygen atoms in total. The summed E-state index contributed by atoms with van der Waals surface area (Å²) in [5.41, 5.74) is 0. The number of aliphatic hydroxyl groups excluding tert-OH is 1. The van der Waals surface area contributed by atoms with Crippen molar-refractivity contribution in [1.29, 1.82) is 0 Å². The first kappa shape index (κ1) is 15.5. The van der Waals surface area contributed by atoms with Crippen LogP contribution in [-0.4, -0.2) is 22.2 Å². The standard InChI is InChI=1S/C7H15BrO.C6H6O/c8-6-4-2-1-3-5-7-9;7-6-4-2-1-3-5-6/h9H,1-7H2;1-5,7H. The number of hydrogen-bond donors (Lipinski definition) is 2. The second kappa shape index (κ2) is 12.5. The molecule has 0 saturated heterocycles. The van der Waals surface area contributed by atoms with Gasteiger partial charge in [0, 0.05) is 11.9 Å². The van der Waals surface area contributed by atoms with E-state index < -0.39 is 0 Å². The first-order chi connectivity index (χ1) is 7.81. The summed E-state index contributed by atoms with van der Waals surface area (Å²) in [4.78, 5) is 0. The van der Waals surface area contributed by atoms with Crippen molar-refractivity contribution in [2.75, 3.05) is 11.9 Å². The van der Waals surface area contributed by atoms with Gasteiger partial charge in [0.1, 0.15) is 5.75 Å². The number of aliphatic hydroxyl groups is 1. The van der Waals surface area contributed by atoms with Crippen LogP contribution in [0.5, 0.6) is 5.75 Å². The summed E-state index contributed by atoms with van der Waals surface area (Å²) >= 11 is 3.37. The van der Waals surface area contributed by atoms with E-state index in [9.17, 15) is 0 Å². The molecule has 1 aromatic rings. The number of phenolic OH excluding ortho intramolecular Hbond substituents is 1. The fraction of sp³-hybridized carbons (Fsp3) is 0.538. The summed E-state index contributed by atoms with van der Waals surface area (Å²) in [6.07, 6.45) is 5.99. The van der Waals surface area contributed by atoms with E-state index in [1.54, 1.807) is 24.3 Å². The van der Waals surface area contributed by atoms with Gasteiger partial charge in [-0.05, 0) is 25.0 Å². The Hall–Kier alpha value is -0.540. The lowest BCUT2D eigenvalue weighted by molar-refractivity contribution is 0.282. The van der Waals surface area contributed by atoms with Crippen LogP contribution in [0.1, 0.15) is 32.1 Å². The van der Waals surface area contributed by atoms with E-state index in [2.05, 4.69) is 15.9 Å². The number of phenols is 1. The van der Waals surface area contributed by atoms with Crippen LogP contribution in [0.2, 0.25) is 0 Å². The predicted octanol–water partition coefficient (Wildman–Crippen LogP) is 3.72. The largest absolute Gasteiger partial charge is 0.508 e. The average molecular weight is 289 g/mol. The van der Waals surface area contributed by atoms with Gasteiger partial charge in [0.15, 0.2) is 0 Å². The molecule has 0 aliphatic carbocycles. The molecule has 0 fully saturated rings. The Kier molecular flexibility index (Phi) is 12.1. The molecule has 0 aromatic heterocycles. The summed E-state index contributed by atoms with van der Waals surface area (Å²) in [5, 5.41) is 18.2. The van der Waals surface area contributed by atoms with Crippen LogP contribution in [0.3, 0.4) is 0 Å². The molecule has 0 atom stereocenters. The number of hydrogen-bond acceptors (Lipinski definition) is 2. The highest BCUT2D eigenvalue weighted by Crippen LogP contribution is 2.03. The van der Waals surface area contributed by atoms with Crippen molar-refractivity contribution in [3.8, 4) is 5.75 Å². The summed E-state index contributed by atoms with van der Waals surface area (Å²) in [6, 6.07) is 8.71. The lowest BCUT2D eigenvalue weighted by Gasteiger charge is -1.95. The van der Waals surface area contributed by atoms with Crippen LogP contribution in [0, 0.1) is 0 Å². The Morgan fingerprint density at radius 3 is 1.88 bits per heavy atom. The van der Waals surface area contributed by atoms with Crippen LogP contribution < -0.4 is 0 Å². The lowest BCUT2D eigenvalue weighted by Crippen LogP contribution is -1.83. The molecule has 1 rings (SSSR count). The summed E-state index contributed by atoms with van der Waals surface area (Å²) in [7, 11) is 0. The highest BCUT2D eigenvalue weighted by molar-refractivity contribution is 9.09. The maximum Gasteiger partial charge on any atom is 0.115 e. The Morgan fingerprint density at radius 1 is 0.875 bits per heavy atom. The molecule has 0 spiro atoms. The normalized spacial score (nSPS) is 9.38. The predicted molar refractivity (Wildman–Crippen MR) is 72.1 cm³/mol. The van der Waals surface area contributed by atoms with Crippen molar-refractivity contribution < 1.29 is 10.2 Å². The molecule has 2 N–H and O–H groups in total. The van der Waals surface area contributed by atoms with Gasteiger partial charge in [-0.25, -0.2) is 0 Å². The van der Waals surface area contributed by atoms with E-state index in [0.717, 1.165) is 11.8 Å². The van der Waals surface area contributed by atoms with Crippen LogP contribution >= 0.6 is 15.9 Å². The van der Waals surface area contributed by atoms with Gasteiger partial charge in [0.2, 0.25) is 0 Å². The number of aromatic hydroxyl groups is 1. The molecule has 0 aliphatic rings. The highest BCUT2D eigenvalue weighted by atomic mass is 79.9. The van der Waals surface area contributed by atoms with Gasteiger partial charge in [-0.1, -0.05) is 53.4 Å². The summed E-state index contributed by atoms with van der Waals surface area (Å²) < 4.78 is 0. The zero-order chi connectivity index (χ0) is 12.1. The molecular weight excluding hydrogens is 268 g/mol. The Morgan fingerprint density at radius 2 is 1.44 bits per heavy atom. The van der Waals surface area contributed by atoms with E-state index in [1.807, 2.05) is 6.07 Å². The third kappa shape index (κ3) is 11.5. The van der Waals surface area contributed by atoms with Crippen LogP contribution in [0.15, 0.2) is 30.3 Å². The zero-order valence-corrected chi connectivity index (χ0v) is 11.2. The van der Waals surface area contributed by atoms with E-state index in [-0.39, 0.29) is 0 Å². The van der Waals surface area contributed by atoms with Gasteiger partial charge < -0.3 is 10.2 Å². The van der Waals surface area contributed by atoms with Gasteiger partial charge in [0.25, 0.3) is 0 Å². The SMILES string of the molecule is OCCCCCCCBr.Oc1ccccc1. The maximum absolute atomic E-state index is 8.63. The van der Waals surface area contributed by atoms with Crippen molar-refractivity contribution in [2.24, 2.45) is 0 Å². The minimum Gasteiger partial charge on any atom is -0.508 e. The maximum atomic E-state index is 8.63. The molecule has 1 aromatic carbocycles. The number of benzene rings is 1. The fourth-order valence-electron chi connectivity index (χ4n) is 1.16. The Balaban J connectivity index is 0.000000288. The van der Waals surface area contributed by atoms with E-state index in [1.165, 1.54) is 25.7 Å². The highest BCUT2D eigenvalue weighted by Gasteiger charge is 1.86. The fourth-order valence-corrected chi connectivity index (χ4v) is 1.56. The van der Waals surface area contributed by atoms with E-state index in [4.69, 9.17) is 10.2 Å². The monoisotopic (exact) mass is 288 g/mol. The first-order valence-electron chi connectivity index (χ1n) is 5.72. The van der Waals surface area contributed by atoms with Crippen molar-refractivity contribution in [3.05, 3.63) is 30.3 Å². The van der Waals surface area contributed by atoms with Crippen molar-refractivity contribution >= 4 is 15.9 Å². The smallest absolute Gasteiger partial charge is 0.115 e. The molecule has 92 valence electrons. The van der Waals surface area contributed by atoms with Crippen LogP contribution in [0.25, 0.3) is 0 Å². The molecule has 0 heterocycles. The second-order valence-electron chi connectivity index (χ2n) is 3.52. The Labute approximate surface area is 106 Å². The molecule has 3 heteroatoms. The molecule has 0 saturated carbocycles. The van der Waals surface area contributed by atoms with Gasteiger partial charge in [-0.15, -0.1) is 0 Å². The van der Waals surface area contributed by atoms with Gasteiger partial charge in [-0.2, -0.15) is 0 Å². The van der Waals surface area contributed by atoms with E-state index in [0.29, 0.717) is 12.4 Å². The number of rotatable bonds is 6. The zero-order valence-electron chi connectivity index (χ0n) is 9.61. The van der Waals surface area contributed by atoms with Gasteiger partial charge in [0.05, 0.1) is 0 Å². The van der Waals surface area contributed by atoms with Gasteiger partial charge >= 0.3 is 0 Å². The number of para-hydroxylation sites is 1. The third-order valence-electron chi connectivity index (χ3n) is 2.05. The van der Waals surface area contributed by atoms with Crippen molar-refractivity contribution in [3.63, 3.8) is 0 Å². The molecule has 0 unspecified atom stereocenters. The van der Waals surface area contributed by atoms with Crippen molar-refractivity contribution in [2.45, 2.75) is 32.1 Å². The molecular formula is C13H21BrO2. The number of unbranched alkanes of at least 4 members (excludes halogenated alkanes) is 4. The minimum atomic E-state index is 0.322. The topological polar surface area (TPSA) is 40.5 Å². The lowest BCUT2D eigenvalue weighted by atomic mass is 10.2.